The van der Waals surface area contributed by atoms with Crippen molar-refractivity contribution in [2.45, 2.75) is 24.3 Å². The predicted molar refractivity (Wildman–Crippen MR) is 75.7 cm³/mol. The summed E-state index contributed by atoms with van der Waals surface area (Å²) in [5, 5.41) is 0. The van der Waals surface area contributed by atoms with Crippen molar-refractivity contribution in [2.75, 3.05) is 5.94 Å². The molecule has 2 unspecified atom stereocenters. The quantitative estimate of drug-likeness (QED) is 0.477. The Labute approximate surface area is 111 Å². The van der Waals surface area contributed by atoms with Crippen LogP contribution < -0.4 is 9.31 Å². The maximum absolute atomic E-state index is 6.68. The van der Waals surface area contributed by atoms with Gasteiger partial charge >= 0.3 is 112 Å². The van der Waals surface area contributed by atoms with Crippen LogP contribution in [0.2, 0.25) is 4.44 Å². The summed E-state index contributed by atoms with van der Waals surface area (Å²) in [7, 11) is 6.68. The molecule has 0 aliphatic rings. The monoisotopic (exact) mass is 367 g/mol. The molecule has 16 heavy (non-hydrogen) atoms. The van der Waals surface area contributed by atoms with Crippen molar-refractivity contribution in [3.05, 3.63) is 29.8 Å². The Kier molecular flexibility index (Phi) is 5.94. The topological polar surface area (TPSA) is 35.2 Å². The molecule has 0 aromatic heterocycles. The summed E-state index contributed by atoms with van der Waals surface area (Å²) in [5.74, 6) is 0.376. The van der Waals surface area contributed by atoms with E-state index in [0.29, 0.717) is 5.94 Å². The number of nitrogens with two attached hydrogens (primary N) is 1. The van der Waals surface area contributed by atoms with E-state index in [-0.39, 0.29) is 6.04 Å². The third-order valence-corrected chi connectivity index (χ3v) is 15.2. The second kappa shape index (κ2) is 6.49. The summed E-state index contributed by atoms with van der Waals surface area (Å²) >= 11 is 0.927. The molecule has 0 fully saturated rings. The Balaban J connectivity index is 3.18. The van der Waals surface area contributed by atoms with Crippen LogP contribution in [0.15, 0.2) is 24.3 Å². The first-order valence-corrected chi connectivity index (χ1v) is 14.2. The molecule has 0 heterocycles. The fourth-order valence-electron chi connectivity index (χ4n) is 1.71. The van der Waals surface area contributed by atoms with Crippen molar-refractivity contribution < 1.29 is 3.07 Å². The zero-order valence-corrected chi connectivity index (χ0v) is 14.1. The third-order valence-electron chi connectivity index (χ3n) is 2.60. The van der Waals surface area contributed by atoms with Gasteiger partial charge in [-0.05, 0) is 0 Å². The van der Waals surface area contributed by atoms with E-state index >= 15 is 0 Å². The van der Waals surface area contributed by atoms with E-state index < -0.39 is 17.7 Å². The number of hydrogen-bond acceptors (Lipinski definition) is 3. The van der Waals surface area contributed by atoms with Gasteiger partial charge in [-0.3, -0.25) is 0 Å². The molecule has 2 nitrogen and oxygen atoms in total. The van der Waals surface area contributed by atoms with E-state index in [9.17, 15) is 0 Å². The van der Waals surface area contributed by atoms with E-state index in [1.165, 1.54) is 0 Å². The minimum absolute atomic E-state index is 0.0129. The zero-order valence-electron chi connectivity index (χ0n) is 9.61. The summed E-state index contributed by atoms with van der Waals surface area (Å²) in [6, 6.07) is 8.05. The van der Waals surface area contributed by atoms with Gasteiger partial charge in [0.25, 0.3) is 0 Å². The molecule has 0 radical (unpaired) electrons. The first-order valence-electron chi connectivity index (χ1n) is 5.34. The fourth-order valence-corrected chi connectivity index (χ4v) is 11.0. The van der Waals surface area contributed by atoms with Gasteiger partial charge in [-0.1, -0.05) is 0 Å². The van der Waals surface area contributed by atoms with Crippen molar-refractivity contribution in [2.24, 2.45) is 5.73 Å². The molecular formula is C11H18ClNOSSn. The van der Waals surface area contributed by atoms with Gasteiger partial charge in [0.1, 0.15) is 0 Å². The van der Waals surface area contributed by atoms with Crippen molar-refractivity contribution in [1.82, 2.24) is 0 Å². The molecule has 5 heteroatoms. The van der Waals surface area contributed by atoms with Gasteiger partial charge in [0.15, 0.2) is 0 Å². The van der Waals surface area contributed by atoms with Crippen LogP contribution in [0.1, 0.15) is 25.5 Å². The van der Waals surface area contributed by atoms with Crippen LogP contribution in [0.5, 0.6) is 0 Å². The van der Waals surface area contributed by atoms with Crippen LogP contribution in [0.4, 0.5) is 0 Å². The van der Waals surface area contributed by atoms with Crippen LogP contribution in [-0.4, -0.2) is 23.6 Å². The number of hydrogen-bond donors (Lipinski definition) is 2. The minimum atomic E-state index is -3.19. The van der Waals surface area contributed by atoms with Crippen LogP contribution in [0, 0.1) is 0 Å². The Morgan fingerprint density at radius 2 is 2.12 bits per heavy atom. The van der Waals surface area contributed by atoms with Crippen molar-refractivity contribution in [3.8, 4) is 0 Å². The molecule has 0 aliphatic heterocycles. The molecule has 0 bridgehead atoms. The van der Waals surface area contributed by atoms with Gasteiger partial charge in [0.2, 0.25) is 0 Å². The summed E-state index contributed by atoms with van der Waals surface area (Å²) in [6.45, 7) is 4.04. The molecule has 1 rings (SSSR count). The second-order valence-corrected chi connectivity index (χ2v) is 16.6. The van der Waals surface area contributed by atoms with Gasteiger partial charge in [-0.15, -0.1) is 0 Å². The molecule has 1 aromatic carbocycles. The Morgan fingerprint density at radius 3 is 2.62 bits per heavy atom. The molecule has 90 valence electrons. The van der Waals surface area contributed by atoms with Crippen molar-refractivity contribution in [1.29, 1.82) is 0 Å². The van der Waals surface area contributed by atoms with Gasteiger partial charge in [0, 0.05) is 0 Å². The molecule has 2 atom stereocenters. The summed E-state index contributed by atoms with van der Waals surface area (Å²) in [6.07, 6.45) is 0. The number of benzene rings is 1. The van der Waals surface area contributed by atoms with Gasteiger partial charge < -0.3 is 0 Å². The zero-order chi connectivity index (χ0) is 12.2. The van der Waals surface area contributed by atoms with E-state index in [0.717, 1.165) is 13.6 Å². The van der Waals surface area contributed by atoms with Crippen LogP contribution >= 0.6 is 21.5 Å². The van der Waals surface area contributed by atoms with Crippen molar-refractivity contribution >= 4 is 42.8 Å². The van der Waals surface area contributed by atoms with Crippen molar-refractivity contribution in [3.63, 3.8) is 0 Å². The Morgan fingerprint density at radius 1 is 1.50 bits per heavy atom. The SMILES string of the molecule is C[CH2][Sn]([Cl])([O]CS)[c]1ccccc1C(C)N. The fraction of sp³-hybridized carbons (Fsp3) is 0.455. The normalized spacial score (nSPS) is 16.8. The first-order chi connectivity index (χ1) is 7.55. The van der Waals surface area contributed by atoms with Gasteiger partial charge in [-0.2, -0.15) is 0 Å². The first kappa shape index (κ1) is 14.6. The van der Waals surface area contributed by atoms with Crippen LogP contribution in [-0.2, 0) is 3.07 Å². The molecule has 0 saturated heterocycles. The average molecular weight is 367 g/mol. The molecule has 2 N–H and O–H groups in total. The summed E-state index contributed by atoms with van der Waals surface area (Å²) < 4.78 is 7.76. The van der Waals surface area contributed by atoms with E-state index in [4.69, 9.17) is 17.7 Å². The molecule has 0 spiro atoms. The molecule has 0 aliphatic carbocycles. The molecule has 0 saturated carbocycles. The summed E-state index contributed by atoms with van der Waals surface area (Å²) in [4.78, 5) is 0. The standard InChI is InChI=1S/C8H10N.C2H5.CH3OS.ClH.Sn/c1-7(9)8-5-3-2-4-6-8;1-2;2-1-3;;/h2-5,7H,9H2,1H3;1H2,2H3;3H,1H2;1H;/q;;-1;;+2/p-1. The van der Waals surface area contributed by atoms with E-state index in [1.807, 2.05) is 25.1 Å². The number of rotatable bonds is 5. The Hall–Kier alpha value is 0.579. The molecule has 1 aromatic rings. The summed E-state index contributed by atoms with van der Waals surface area (Å²) in [5.41, 5.74) is 7.07. The maximum atomic E-state index is 6.68. The molecule has 0 amide bonds. The van der Waals surface area contributed by atoms with E-state index in [2.05, 4.69) is 25.6 Å². The van der Waals surface area contributed by atoms with Gasteiger partial charge in [-0.25, -0.2) is 0 Å². The Bertz CT molecular complexity index is 351. The van der Waals surface area contributed by atoms with Gasteiger partial charge in [0.05, 0.1) is 0 Å². The van der Waals surface area contributed by atoms with Crippen LogP contribution in [0.3, 0.4) is 0 Å². The predicted octanol–water partition coefficient (Wildman–Crippen LogP) is 2.52. The average Bonchev–Trinajstić information content (AvgIpc) is 2.29. The third kappa shape index (κ3) is 3.29. The molecular weight excluding hydrogens is 348 g/mol. The number of thiol groups is 1. The van der Waals surface area contributed by atoms with Crippen LogP contribution in [0.25, 0.3) is 0 Å². The second-order valence-electron chi connectivity index (χ2n) is 3.73. The number of halogens is 1. The van der Waals surface area contributed by atoms with E-state index in [1.54, 1.807) is 0 Å².